The molecule has 0 radical (unpaired) electrons. The summed E-state index contributed by atoms with van der Waals surface area (Å²) in [5.74, 6) is -0.669. The lowest BCUT2D eigenvalue weighted by Crippen LogP contribution is -2.28. The van der Waals surface area contributed by atoms with Gasteiger partial charge in [0.25, 0.3) is 5.56 Å². The van der Waals surface area contributed by atoms with Crippen molar-refractivity contribution in [2.24, 2.45) is 7.05 Å². The maximum Gasteiger partial charge on any atom is 0.341 e. The van der Waals surface area contributed by atoms with Crippen LogP contribution in [0.5, 0.6) is 0 Å². The molecule has 0 saturated carbocycles. The monoisotopic (exact) mass is 234 g/mol. The minimum absolute atomic E-state index is 0.234. The number of carbonyl (C=O) groups is 1. The van der Waals surface area contributed by atoms with E-state index >= 15 is 0 Å². The second-order valence-corrected chi connectivity index (χ2v) is 3.53. The van der Waals surface area contributed by atoms with Crippen molar-refractivity contribution in [2.45, 2.75) is 6.42 Å². The molecule has 2 aromatic heterocycles. The summed E-state index contributed by atoms with van der Waals surface area (Å²) in [6, 6.07) is 3.41. The normalized spacial score (nSPS) is 10.4. The molecule has 2 rings (SSSR count). The summed E-state index contributed by atoms with van der Waals surface area (Å²) in [6.45, 7) is 0. The van der Waals surface area contributed by atoms with Gasteiger partial charge in [0.2, 0.25) is 0 Å². The summed E-state index contributed by atoms with van der Waals surface area (Å²) in [7, 11) is 1.41. The molecule has 0 unspecified atom stereocenters. The molecule has 88 valence electrons. The van der Waals surface area contributed by atoms with E-state index in [0.29, 0.717) is 11.3 Å². The van der Waals surface area contributed by atoms with Crippen molar-refractivity contribution >= 4 is 5.97 Å². The fourth-order valence-corrected chi connectivity index (χ4v) is 1.54. The van der Waals surface area contributed by atoms with Gasteiger partial charge in [0.05, 0.1) is 12.5 Å². The van der Waals surface area contributed by atoms with E-state index in [1.54, 1.807) is 12.1 Å². The van der Waals surface area contributed by atoms with Crippen molar-refractivity contribution in [3.8, 4) is 0 Å². The van der Waals surface area contributed by atoms with Gasteiger partial charge in [0, 0.05) is 13.5 Å². The Morgan fingerprint density at radius 1 is 1.59 bits per heavy atom. The summed E-state index contributed by atoms with van der Waals surface area (Å²) >= 11 is 0. The molecule has 17 heavy (non-hydrogen) atoms. The molecular weight excluding hydrogens is 224 g/mol. The van der Waals surface area contributed by atoms with Crippen LogP contribution in [0.15, 0.2) is 33.8 Å². The van der Waals surface area contributed by atoms with E-state index in [0.717, 1.165) is 4.68 Å². The van der Waals surface area contributed by atoms with Crippen LogP contribution >= 0.6 is 0 Å². The van der Waals surface area contributed by atoms with Gasteiger partial charge in [-0.2, -0.15) is 5.10 Å². The maximum atomic E-state index is 11.6. The lowest BCUT2D eigenvalue weighted by molar-refractivity contribution is 0.0692. The molecule has 2 heterocycles. The third kappa shape index (κ3) is 2.10. The van der Waals surface area contributed by atoms with E-state index in [2.05, 4.69) is 5.10 Å². The Bertz CT molecular complexity index is 598. The van der Waals surface area contributed by atoms with E-state index < -0.39 is 11.5 Å². The van der Waals surface area contributed by atoms with Gasteiger partial charge in [-0.1, -0.05) is 0 Å². The number of rotatable bonds is 3. The summed E-state index contributed by atoms with van der Waals surface area (Å²) in [4.78, 5) is 22.7. The van der Waals surface area contributed by atoms with Crippen LogP contribution in [0.4, 0.5) is 0 Å². The average molecular weight is 234 g/mol. The molecular formula is C11H10N2O4. The number of carboxylic acids is 1. The summed E-state index contributed by atoms with van der Waals surface area (Å²) in [5.41, 5.74) is -0.545. The number of carboxylic acid groups (broad SMARTS) is 1. The van der Waals surface area contributed by atoms with Crippen molar-refractivity contribution in [2.75, 3.05) is 0 Å². The van der Waals surface area contributed by atoms with E-state index in [4.69, 9.17) is 9.52 Å². The number of furan rings is 1. The minimum atomic E-state index is -1.26. The number of hydrogen-bond donors (Lipinski definition) is 1. The second kappa shape index (κ2) is 4.25. The van der Waals surface area contributed by atoms with Crippen molar-refractivity contribution < 1.29 is 14.3 Å². The molecule has 0 aliphatic heterocycles. The minimum Gasteiger partial charge on any atom is -0.477 e. The molecule has 0 bridgehead atoms. The molecule has 0 aromatic carbocycles. The summed E-state index contributed by atoms with van der Waals surface area (Å²) < 4.78 is 6.11. The lowest BCUT2D eigenvalue weighted by atomic mass is 10.1. The van der Waals surface area contributed by atoms with Crippen LogP contribution in [0, 0.1) is 0 Å². The van der Waals surface area contributed by atoms with Crippen LogP contribution in [0.2, 0.25) is 0 Å². The number of aryl methyl sites for hydroxylation is 1. The van der Waals surface area contributed by atoms with Crippen LogP contribution in [0.1, 0.15) is 21.7 Å². The van der Waals surface area contributed by atoms with Gasteiger partial charge in [-0.3, -0.25) is 4.79 Å². The first-order chi connectivity index (χ1) is 8.09. The molecule has 0 saturated heterocycles. The predicted octanol–water partition coefficient (Wildman–Crippen LogP) is 0.662. The van der Waals surface area contributed by atoms with Crippen LogP contribution < -0.4 is 5.56 Å². The maximum absolute atomic E-state index is 11.6. The number of aromatic carboxylic acids is 1. The molecule has 0 spiro atoms. The van der Waals surface area contributed by atoms with Crippen LogP contribution in [-0.2, 0) is 13.5 Å². The van der Waals surface area contributed by atoms with Crippen molar-refractivity contribution in [1.29, 1.82) is 0 Å². The quantitative estimate of drug-likeness (QED) is 0.843. The fraction of sp³-hybridized carbons (Fsp3) is 0.182. The largest absolute Gasteiger partial charge is 0.477 e. The first kappa shape index (κ1) is 11.1. The Hall–Kier alpha value is -2.37. The Morgan fingerprint density at radius 2 is 2.35 bits per heavy atom. The Labute approximate surface area is 96.1 Å². The molecule has 6 heteroatoms. The molecule has 0 fully saturated rings. The number of hydrogen-bond acceptors (Lipinski definition) is 4. The van der Waals surface area contributed by atoms with Crippen molar-refractivity contribution in [1.82, 2.24) is 9.78 Å². The fourth-order valence-electron chi connectivity index (χ4n) is 1.54. The van der Waals surface area contributed by atoms with Crippen LogP contribution in [0.3, 0.4) is 0 Å². The van der Waals surface area contributed by atoms with Gasteiger partial charge in [-0.15, -0.1) is 0 Å². The van der Waals surface area contributed by atoms with Gasteiger partial charge in [0.15, 0.2) is 0 Å². The second-order valence-electron chi connectivity index (χ2n) is 3.53. The Morgan fingerprint density at radius 3 is 2.94 bits per heavy atom. The zero-order valence-corrected chi connectivity index (χ0v) is 9.08. The summed E-state index contributed by atoms with van der Waals surface area (Å²) in [5, 5.41) is 12.8. The Balaban J connectivity index is 2.51. The highest BCUT2D eigenvalue weighted by Crippen LogP contribution is 2.11. The molecule has 0 atom stereocenters. The van der Waals surface area contributed by atoms with Gasteiger partial charge in [-0.05, 0) is 17.7 Å². The predicted molar refractivity (Wildman–Crippen MR) is 58.0 cm³/mol. The number of nitrogens with zero attached hydrogens (tertiary/aromatic N) is 2. The van der Waals surface area contributed by atoms with Crippen molar-refractivity contribution in [3.63, 3.8) is 0 Å². The Kier molecular flexibility index (Phi) is 2.78. The van der Waals surface area contributed by atoms with E-state index in [1.165, 1.54) is 19.5 Å². The third-order valence-electron chi connectivity index (χ3n) is 2.37. The highest BCUT2D eigenvalue weighted by atomic mass is 16.4. The number of aromatic nitrogens is 2. The first-order valence-corrected chi connectivity index (χ1v) is 4.90. The molecule has 2 aromatic rings. The smallest absolute Gasteiger partial charge is 0.341 e. The van der Waals surface area contributed by atoms with Gasteiger partial charge in [-0.25, -0.2) is 9.48 Å². The standard InChI is InChI=1S/C11H10N2O4/c1-13-10(14)9(11(15)16)7(6-12-13)5-8-3-2-4-17-8/h2-4,6H,5H2,1H3,(H,15,16). The van der Waals surface area contributed by atoms with Gasteiger partial charge < -0.3 is 9.52 Å². The third-order valence-corrected chi connectivity index (χ3v) is 2.37. The zero-order valence-electron chi connectivity index (χ0n) is 9.08. The van der Waals surface area contributed by atoms with E-state index in [-0.39, 0.29) is 12.0 Å². The summed E-state index contributed by atoms with van der Waals surface area (Å²) in [6.07, 6.45) is 3.09. The average Bonchev–Trinajstić information content (AvgIpc) is 2.76. The molecule has 0 aliphatic carbocycles. The molecule has 0 amide bonds. The van der Waals surface area contributed by atoms with Crippen LogP contribution in [-0.4, -0.2) is 20.9 Å². The van der Waals surface area contributed by atoms with Crippen LogP contribution in [0.25, 0.3) is 0 Å². The molecule has 0 aliphatic rings. The highest BCUT2D eigenvalue weighted by molar-refractivity contribution is 5.88. The van der Waals surface area contributed by atoms with Crippen molar-refractivity contribution in [3.05, 3.63) is 51.8 Å². The SMILES string of the molecule is Cn1ncc(Cc2ccco2)c(C(=O)O)c1=O. The molecule has 6 nitrogen and oxygen atoms in total. The topological polar surface area (TPSA) is 85.3 Å². The van der Waals surface area contributed by atoms with Gasteiger partial charge in [0.1, 0.15) is 11.3 Å². The van der Waals surface area contributed by atoms with Gasteiger partial charge >= 0.3 is 5.97 Å². The highest BCUT2D eigenvalue weighted by Gasteiger charge is 2.17. The van der Waals surface area contributed by atoms with E-state index in [9.17, 15) is 9.59 Å². The zero-order chi connectivity index (χ0) is 12.4. The van der Waals surface area contributed by atoms with E-state index in [1.807, 2.05) is 0 Å². The molecule has 1 N–H and O–H groups in total. The first-order valence-electron chi connectivity index (χ1n) is 4.90. The lowest BCUT2D eigenvalue weighted by Gasteiger charge is -2.04.